The zero-order valence-corrected chi connectivity index (χ0v) is 14.8. The van der Waals surface area contributed by atoms with Gasteiger partial charge in [0.15, 0.2) is 16.8 Å². The third-order valence-corrected chi connectivity index (χ3v) is 4.62. The van der Waals surface area contributed by atoms with Gasteiger partial charge in [-0.3, -0.25) is 4.79 Å². The Morgan fingerprint density at radius 2 is 1.72 bits per heavy atom. The molecule has 0 saturated heterocycles. The Balaban J connectivity index is 1.62. The van der Waals surface area contributed by atoms with E-state index in [4.69, 9.17) is 4.74 Å². The van der Waals surface area contributed by atoms with Crippen molar-refractivity contribution in [3.05, 3.63) is 72.1 Å². The molecule has 0 bridgehead atoms. The quantitative estimate of drug-likeness (QED) is 0.455. The molecule has 0 aliphatic rings. The molecule has 6 heteroatoms. The first-order chi connectivity index (χ1) is 12.3. The molecule has 0 atom stereocenters. The number of thioether (sulfide) groups is 1. The van der Waals surface area contributed by atoms with E-state index in [0.717, 1.165) is 23.3 Å². The van der Waals surface area contributed by atoms with Gasteiger partial charge in [-0.2, -0.15) is 0 Å². The number of hydrogen-bond acceptors (Lipinski definition) is 5. The standard InChI is InChI=1S/C19H19N3O2S/c1-2-22-18(13-24-16-11-7-4-8-12-16)20-21-19(22)25-14-17(23)15-9-5-3-6-10-15/h3-12H,2,13-14H2,1H3. The molecular formula is C19H19N3O2S. The van der Waals surface area contributed by atoms with Crippen molar-refractivity contribution in [2.24, 2.45) is 0 Å². The van der Waals surface area contributed by atoms with Gasteiger partial charge >= 0.3 is 0 Å². The highest BCUT2D eigenvalue weighted by molar-refractivity contribution is 7.99. The largest absolute Gasteiger partial charge is 0.486 e. The maximum absolute atomic E-state index is 12.2. The van der Waals surface area contributed by atoms with E-state index in [9.17, 15) is 4.79 Å². The third-order valence-electron chi connectivity index (χ3n) is 3.65. The molecule has 0 amide bonds. The van der Waals surface area contributed by atoms with E-state index in [1.807, 2.05) is 72.2 Å². The van der Waals surface area contributed by atoms with Crippen LogP contribution in [0.15, 0.2) is 65.8 Å². The number of rotatable bonds is 8. The van der Waals surface area contributed by atoms with Crippen molar-refractivity contribution in [1.29, 1.82) is 0 Å². The van der Waals surface area contributed by atoms with Gasteiger partial charge in [0.25, 0.3) is 0 Å². The lowest BCUT2D eigenvalue weighted by atomic mass is 10.2. The summed E-state index contributed by atoms with van der Waals surface area (Å²) in [6.07, 6.45) is 0. The Morgan fingerprint density at radius 1 is 1.04 bits per heavy atom. The number of para-hydroxylation sites is 1. The fourth-order valence-corrected chi connectivity index (χ4v) is 3.27. The molecule has 3 aromatic rings. The molecule has 0 aliphatic heterocycles. The summed E-state index contributed by atoms with van der Waals surface area (Å²) < 4.78 is 7.72. The van der Waals surface area contributed by atoms with Crippen molar-refractivity contribution < 1.29 is 9.53 Å². The third kappa shape index (κ3) is 4.48. The first-order valence-corrected chi connectivity index (χ1v) is 9.07. The maximum Gasteiger partial charge on any atom is 0.191 e. The van der Waals surface area contributed by atoms with E-state index in [-0.39, 0.29) is 5.78 Å². The summed E-state index contributed by atoms with van der Waals surface area (Å²) in [4.78, 5) is 12.2. The van der Waals surface area contributed by atoms with Gasteiger partial charge in [-0.1, -0.05) is 60.3 Å². The number of carbonyl (C=O) groups excluding carboxylic acids is 1. The van der Waals surface area contributed by atoms with Crippen LogP contribution in [-0.2, 0) is 13.2 Å². The highest BCUT2D eigenvalue weighted by Gasteiger charge is 2.14. The first-order valence-electron chi connectivity index (χ1n) is 8.09. The first kappa shape index (κ1) is 17.2. The van der Waals surface area contributed by atoms with Crippen LogP contribution in [0, 0.1) is 0 Å². The fraction of sp³-hybridized carbons (Fsp3) is 0.211. The molecule has 0 spiro atoms. The van der Waals surface area contributed by atoms with Gasteiger partial charge in [0, 0.05) is 12.1 Å². The Labute approximate surface area is 151 Å². The molecule has 0 saturated carbocycles. The number of aromatic nitrogens is 3. The average Bonchev–Trinajstić information content (AvgIpc) is 3.07. The molecule has 128 valence electrons. The number of ether oxygens (including phenoxy) is 1. The summed E-state index contributed by atoms with van der Waals surface area (Å²) in [6.45, 7) is 3.10. The van der Waals surface area contributed by atoms with E-state index in [2.05, 4.69) is 10.2 Å². The number of ketones is 1. The predicted octanol–water partition coefficient (Wildman–Crippen LogP) is 3.85. The van der Waals surface area contributed by atoms with Crippen molar-refractivity contribution in [1.82, 2.24) is 14.8 Å². The molecule has 1 heterocycles. The summed E-state index contributed by atoms with van der Waals surface area (Å²) in [6, 6.07) is 18.9. The molecule has 3 rings (SSSR count). The summed E-state index contributed by atoms with van der Waals surface area (Å²) in [5.41, 5.74) is 0.713. The fourth-order valence-electron chi connectivity index (χ4n) is 2.35. The van der Waals surface area contributed by atoms with Crippen molar-refractivity contribution in [2.75, 3.05) is 5.75 Å². The average molecular weight is 353 g/mol. The second-order valence-electron chi connectivity index (χ2n) is 5.32. The highest BCUT2D eigenvalue weighted by atomic mass is 32.2. The molecule has 0 radical (unpaired) electrons. The highest BCUT2D eigenvalue weighted by Crippen LogP contribution is 2.20. The Morgan fingerprint density at radius 3 is 2.40 bits per heavy atom. The zero-order valence-electron chi connectivity index (χ0n) is 14.0. The number of carbonyl (C=O) groups is 1. The van der Waals surface area contributed by atoms with Gasteiger partial charge in [-0.05, 0) is 19.1 Å². The Hall–Kier alpha value is -2.60. The second-order valence-corrected chi connectivity index (χ2v) is 6.27. The van der Waals surface area contributed by atoms with E-state index >= 15 is 0 Å². The Bertz CT molecular complexity index is 819. The minimum absolute atomic E-state index is 0.0818. The maximum atomic E-state index is 12.2. The zero-order chi connectivity index (χ0) is 17.5. The molecular weight excluding hydrogens is 334 g/mol. The molecule has 5 nitrogen and oxygen atoms in total. The number of hydrogen-bond donors (Lipinski definition) is 0. The van der Waals surface area contributed by atoms with Crippen LogP contribution in [-0.4, -0.2) is 26.3 Å². The van der Waals surface area contributed by atoms with Crippen LogP contribution < -0.4 is 4.74 Å². The van der Waals surface area contributed by atoms with Crippen molar-refractivity contribution >= 4 is 17.5 Å². The van der Waals surface area contributed by atoms with Crippen LogP contribution in [0.1, 0.15) is 23.1 Å². The molecule has 0 unspecified atom stereocenters. The van der Waals surface area contributed by atoms with Crippen molar-refractivity contribution in [2.45, 2.75) is 25.2 Å². The number of nitrogens with zero attached hydrogens (tertiary/aromatic N) is 3. The van der Waals surface area contributed by atoms with Gasteiger partial charge in [0.2, 0.25) is 0 Å². The smallest absolute Gasteiger partial charge is 0.191 e. The molecule has 0 fully saturated rings. The lowest BCUT2D eigenvalue weighted by Crippen LogP contribution is -2.08. The monoisotopic (exact) mass is 353 g/mol. The van der Waals surface area contributed by atoms with Gasteiger partial charge < -0.3 is 9.30 Å². The minimum atomic E-state index is 0.0818. The van der Waals surface area contributed by atoms with Crippen LogP contribution in [0.25, 0.3) is 0 Å². The summed E-state index contributed by atoms with van der Waals surface area (Å²) in [7, 11) is 0. The van der Waals surface area contributed by atoms with Crippen molar-refractivity contribution in [3.8, 4) is 5.75 Å². The molecule has 0 N–H and O–H groups in total. The van der Waals surface area contributed by atoms with Gasteiger partial charge in [0.1, 0.15) is 12.4 Å². The van der Waals surface area contributed by atoms with Gasteiger partial charge in [-0.15, -0.1) is 10.2 Å². The van der Waals surface area contributed by atoms with Gasteiger partial charge in [-0.25, -0.2) is 0 Å². The topological polar surface area (TPSA) is 57.0 Å². The van der Waals surface area contributed by atoms with Gasteiger partial charge in [0.05, 0.1) is 5.75 Å². The second kappa shape index (κ2) is 8.48. The van der Waals surface area contributed by atoms with Crippen LogP contribution in [0.3, 0.4) is 0 Å². The lowest BCUT2D eigenvalue weighted by Gasteiger charge is -2.08. The molecule has 25 heavy (non-hydrogen) atoms. The van der Waals surface area contributed by atoms with E-state index < -0.39 is 0 Å². The molecule has 0 aliphatic carbocycles. The SMILES string of the molecule is CCn1c(COc2ccccc2)nnc1SCC(=O)c1ccccc1. The van der Waals surface area contributed by atoms with E-state index in [0.29, 0.717) is 17.9 Å². The number of benzene rings is 2. The van der Waals surface area contributed by atoms with Crippen LogP contribution in [0.2, 0.25) is 0 Å². The normalized spacial score (nSPS) is 10.6. The van der Waals surface area contributed by atoms with Crippen molar-refractivity contribution in [3.63, 3.8) is 0 Å². The summed E-state index contributed by atoms with van der Waals surface area (Å²) in [5, 5.41) is 9.15. The van der Waals surface area contributed by atoms with Crippen LogP contribution >= 0.6 is 11.8 Å². The van der Waals surface area contributed by atoms with E-state index in [1.54, 1.807) is 0 Å². The predicted molar refractivity (Wildman–Crippen MR) is 98.0 cm³/mol. The minimum Gasteiger partial charge on any atom is -0.486 e. The molecule has 2 aromatic carbocycles. The summed E-state index contributed by atoms with van der Waals surface area (Å²) >= 11 is 1.40. The lowest BCUT2D eigenvalue weighted by molar-refractivity contribution is 0.102. The Kier molecular flexibility index (Phi) is 5.85. The van der Waals surface area contributed by atoms with Crippen LogP contribution in [0.4, 0.5) is 0 Å². The van der Waals surface area contributed by atoms with E-state index in [1.165, 1.54) is 11.8 Å². The molecule has 1 aromatic heterocycles. The number of Topliss-reactive ketones (excluding diaryl/α,β-unsaturated/α-hetero) is 1. The summed E-state index contributed by atoms with van der Waals surface area (Å²) in [5.74, 6) is 1.96. The van der Waals surface area contributed by atoms with Crippen LogP contribution in [0.5, 0.6) is 5.75 Å².